The Kier molecular flexibility index (Phi) is 1.38. The van der Waals surface area contributed by atoms with Crippen molar-refractivity contribution in [1.82, 2.24) is 0 Å². The predicted molar refractivity (Wildman–Crippen MR) is 78.6 cm³/mol. The molecule has 0 amide bonds. The minimum absolute atomic E-state index is 0.787. The van der Waals surface area contributed by atoms with Crippen molar-refractivity contribution in [3.8, 4) is 0 Å². The molecule has 1 atom stereocenters. The topological polar surface area (TPSA) is 0 Å². The highest BCUT2D eigenvalue weighted by atomic mass is 14.4. The van der Waals surface area contributed by atoms with E-state index in [4.69, 9.17) is 0 Å². The fourth-order valence-electron chi connectivity index (χ4n) is 5.14. The summed E-state index contributed by atoms with van der Waals surface area (Å²) in [5, 5.41) is 3.26. The average molecular weight is 244 g/mol. The molecule has 92 valence electrons. The third kappa shape index (κ3) is 0.852. The van der Waals surface area contributed by atoms with E-state index in [0.29, 0.717) is 0 Å². The molecule has 1 saturated carbocycles. The van der Waals surface area contributed by atoms with Gasteiger partial charge in [0.15, 0.2) is 0 Å². The Balaban J connectivity index is 1.93. The van der Waals surface area contributed by atoms with E-state index in [2.05, 4.69) is 18.2 Å². The maximum Gasteiger partial charge on any atom is 0.00636 e. The minimum atomic E-state index is 0.787. The fourth-order valence-corrected chi connectivity index (χ4v) is 5.14. The van der Waals surface area contributed by atoms with E-state index >= 15 is 0 Å². The van der Waals surface area contributed by atoms with Gasteiger partial charge in [0, 0.05) is 5.92 Å². The first-order valence-corrected chi connectivity index (χ1v) is 7.75. The summed E-state index contributed by atoms with van der Waals surface area (Å²) in [5.41, 5.74) is 12.1. The second kappa shape index (κ2) is 2.80. The quantitative estimate of drug-likeness (QED) is 0.638. The van der Waals surface area contributed by atoms with Crippen molar-refractivity contribution >= 4 is 16.3 Å². The Hall–Kier alpha value is -1.56. The summed E-state index contributed by atoms with van der Waals surface area (Å²) in [6, 6.07) is 7.10. The normalized spacial score (nSPS) is 24.9. The number of aryl methyl sites for hydroxylation is 1. The Labute approximate surface area is 113 Å². The Bertz CT molecular complexity index is 820. The number of benzene rings is 2. The van der Waals surface area contributed by atoms with Gasteiger partial charge in [0.25, 0.3) is 0 Å². The van der Waals surface area contributed by atoms with Gasteiger partial charge in [0.05, 0.1) is 0 Å². The van der Waals surface area contributed by atoms with Crippen molar-refractivity contribution < 1.29 is 0 Å². The van der Waals surface area contributed by atoms with E-state index in [1.54, 1.807) is 49.7 Å². The van der Waals surface area contributed by atoms with Gasteiger partial charge in [-0.3, -0.25) is 0 Å². The molecule has 0 bridgehead atoms. The monoisotopic (exact) mass is 244 g/mol. The second-order valence-corrected chi connectivity index (χ2v) is 6.68. The molecule has 0 spiro atoms. The molecular weight excluding hydrogens is 228 g/mol. The van der Waals surface area contributed by atoms with E-state index in [0.717, 1.165) is 5.92 Å². The van der Waals surface area contributed by atoms with Crippen molar-refractivity contribution in [3.63, 3.8) is 0 Å². The molecule has 0 aliphatic heterocycles. The molecule has 6 rings (SSSR count). The van der Waals surface area contributed by atoms with Gasteiger partial charge in [-0.1, -0.05) is 23.8 Å². The summed E-state index contributed by atoms with van der Waals surface area (Å²) in [6.45, 7) is 0. The first-order valence-electron chi connectivity index (χ1n) is 7.75. The summed E-state index contributed by atoms with van der Waals surface area (Å²) >= 11 is 0. The minimum Gasteiger partial charge on any atom is -0.0613 e. The molecule has 2 aromatic carbocycles. The van der Waals surface area contributed by atoms with Gasteiger partial charge in [-0.25, -0.2) is 0 Å². The molecule has 19 heavy (non-hydrogen) atoms. The molecule has 1 fully saturated rings. The lowest BCUT2D eigenvalue weighted by Crippen LogP contribution is -2.21. The zero-order valence-electron chi connectivity index (χ0n) is 11.1. The molecule has 4 aliphatic carbocycles. The lowest BCUT2D eigenvalue weighted by atomic mass is 9.65. The van der Waals surface area contributed by atoms with Crippen molar-refractivity contribution in [2.45, 2.75) is 44.4 Å². The zero-order valence-corrected chi connectivity index (χ0v) is 11.1. The molecule has 2 aromatic rings. The number of allylic oxidation sites excluding steroid dienone is 2. The van der Waals surface area contributed by atoms with Crippen LogP contribution in [0.4, 0.5) is 0 Å². The van der Waals surface area contributed by atoms with Crippen LogP contribution in [0.3, 0.4) is 0 Å². The summed E-state index contributed by atoms with van der Waals surface area (Å²) in [6.07, 6.45) is 8.08. The van der Waals surface area contributed by atoms with Crippen LogP contribution in [0, 0.1) is 0 Å². The highest BCUT2D eigenvalue weighted by molar-refractivity contribution is 6.05. The summed E-state index contributed by atoms with van der Waals surface area (Å²) in [7, 11) is 0. The van der Waals surface area contributed by atoms with Gasteiger partial charge in [-0.05, 0) is 82.7 Å². The van der Waals surface area contributed by atoms with Gasteiger partial charge in [0.2, 0.25) is 0 Å². The number of hydrogen-bond acceptors (Lipinski definition) is 0. The van der Waals surface area contributed by atoms with Crippen LogP contribution in [-0.2, 0) is 19.3 Å². The maximum absolute atomic E-state index is 2.41. The number of fused-ring (bicyclic) bond motifs is 5. The van der Waals surface area contributed by atoms with Crippen molar-refractivity contribution in [3.05, 3.63) is 51.6 Å². The second-order valence-electron chi connectivity index (χ2n) is 6.68. The summed E-state index contributed by atoms with van der Waals surface area (Å²) in [4.78, 5) is 0. The standard InChI is InChI=1S/C19H16/c1-2-14-10-4-6-12(10)16-8-9-17-13-7-5-11(13)15(3-1)18(14)19(16)17/h1-3,10H,4-9H2. The highest BCUT2D eigenvalue weighted by Crippen LogP contribution is 2.58. The van der Waals surface area contributed by atoms with Crippen molar-refractivity contribution in [1.29, 1.82) is 0 Å². The van der Waals surface area contributed by atoms with E-state index in [1.807, 2.05) is 0 Å². The molecule has 0 saturated heterocycles. The third-order valence-electron chi connectivity index (χ3n) is 6.14. The summed E-state index contributed by atoms with van der Waals surface area (Å²) in [5.74, 6) is 0.787. The van der Waals surface area contributed by atoms with Crippen LogP contribution < -0.4 is 0 Å². The van der Waals surface area contributed by atoms with Gasteiger partial charge < -0.3 is 0 Å². The lowest BCUT2D eigenvalue weighted by Gasteiger charge is -2.39. The van der Waals surface area contributed by atoms with E-state index < -0.39 is 0 Å². The molecule has 0 radical (unpaired) electrons. The molecule has 4 aliphatic rings. The van der Waals surface area contributed by atoms with Gasteiger partial charge >= 0.3 is 0 Å². The molecule has 0 nitrogen and oxygen atoms in total. The van der Waals surface area contributed by atoms with Crippen molar-refractivity contribution in [2.75, 3.05) is 0 Å². The van der Waals surface area contributed by atoms with Crippen LogP contribution in [0.1, 0.15) is 53.0 Å². The molecule has 0 N–H and O–H groups in total. The van der Waals surface area contributed by atoms with Gasteiger partial charge in [-0.2, -0.15) is 0 Å². The Morgan fingerprint density at radius 2 is 1.74 bits per heavy atom. The first-order chi connectivity index (χ1) is 9.43. The molecule has 0 heteroatoms. The van der Waals surface area contributed by atoms with Gasteiger partial charge in [-0.15, -0.1) is 0 Å². The largest absolute Gasteiger partial charge is 0.0613 e. The maximum atomic E-state index is 2.41. The molecule has 0 heterocycles. The highest BCUT2D eigenvalue weighted by Gasteiger charge is 2.40. The van der Waals surface area contributed by atoms with E-state index in [1.165, 1.54) is 38.5 Å². The molecular formula is C19H16. The predicted octanol–water partition coefficient (Wildman–Crippen LogP) is 4.53. The SMILES string of the molecule is c1cc2c3c4c(c5c(c3c1)CC5)CCC4=C1CCC12. The molecule has 0 aromatic heterocycles. The van der Waals surface area contributed by atoms with Crippen LogP contribution >= 0.6 is 0 Å². The lowest BCUT2D eigenvalue weighted by molar-refractivity contribution is 0.565. The van der Waals surface area contributed by atoms with E-state index in [-0.39, 0.29) is 0 Å². The zero-order chi connectivity index (χ0) is 12.1. The third-order valence-corrected chi connectivity index (χ3v) is 6.14. The van der Waals surface area contributed by atoms with Crippen LogP contribution in [0.5, 0.6) is 0 Å². The van der Waals surface area contributed by atoms with Crippen LogP contribution in [0.25, 0.3) is 16.3 Å². The van der Waals surface area contributed by atoms with Crippen LogP contribution in [0.15, 0.2) is 23.8 Å². The average Bonchev–Trinajstić information content (AvgIpc) is 2.71. The Morgan fingerprint density at radius 1 is 0.842 bits per heavy atom. The van der Waals surface area contributed by atoms with E-state index in [9.17, 15) is 0 Å². The van der Waals surface area contributed by atoms with Crippen LogP contribution in [0.2, 0.25) is 0 Å². The van der Waals surface area contributed by atoms with Gasteiger partial charge in [0.1, 0.15) is 0 Å². The van der Waals surface area contributed by atoms with Crippen LogP contribution in [-0.4, -0.2) is 0 Å². The fraction of sp³-hybridized carbons (Fsp3) is 0.368. The Morgan fingerprint density at radius 3 is 2.53 bits per heavy atom. The number of hydrogen-bond donors (Lipinski definition) is 0. The summed E-state index contributed by atoms with van der Waals surface area (Å²) < 4.78 is 0. The van der Waals surface area contributed by atoms with Crippen molar-refractivity contribution in [2.24, 2.45) is 0 Å². The number of rotatable bonds is 0. The molecule has 1 unspecified atom stereocenters. The first kappa shape index (κ1) is 9.36. The smallest absolute Gasteiger partial charge is 0.00636 e.